The zero-order valence-electron chi connectivity index (χ0n) is 13.5. The minimum absolute atomic E-state index is 0.254. The molecule has 1 unspecified atom stereocenters. The standard InChI is InChI=1S/C20H25NO2/c22-15-19-10-4-5-12-21(19)14-18-9-6-11-20(13-18)23-16-17-7-2-1-3-8-17/h1-3,6-9,11,13,19,22H,4-5,10,12,14-16H2. The molecule has 1 aliphatic heterocycles. The van der Waals surface area contributed by atoms with E-state index in [4.69, 9.17) is 4.74 Å². The number of aliphatic hydroxyl groups is 1. The highest BCUT2D eigenvalue weighted by molar-refractivity contribution is 5.29. The summed E-state index contributed by atoms with van der Waals surface area (Å²) >= 11 is 0. The fraction of sp³-hybridized carbons (Fsp3) is 0.400. The molecule has 1 fully saturated rings. The first-order valence-electron chi connectivity index (χ1n) is 8.46. The Hall–Kier alpha value is -1.84. The smallest absolute Gasteiger partial charge is 0.120 e. The minimum atomic E-state index is 0.254. The summed E-state index contributed by atoms with van der Waals surface area (Å²) in [7, 11) is 0. The number of hydrogen-bond acceptors (Lipinski definition) is 3. The van der Waals surface area contributed by atoms with E-state index in [1.807, 2.05) is 30.3 Å². The van der Waals surface area contributed by atoms with Gasteiger partial charge in [-0.05, 0) is 42.6 Å². The molecule has 1 aliphatic rings. The van der Waals surface area contributed by atoms with Gasteiger partial charge in [0.25, 0.3) is 0 Å². The molecule has 23 heavy (non-hydrogen) atoms. The Morgan fingerprint density at radius 1 is 1.00 bits per heavy atom. The van der Waals surface area contributed by atoms with Crippen molar-refractivity contribution in [2.75, 3.05) is 13.2 Å². The van der Waals surface area contributed by atoms with E-state index in [-0.39, 0.29) is 6.61 Å². The van der Waals surface area contributed by atoms with Gasteiger partial charge >= 0.3 is 0 Å². The van der Waals surface area contributed by atoms with Crippen molar-refractivity contribution >= 4 is 0 Å². The second kappa shape index (κ2) is 8.14. The van der Waals surface area contributed by atoms with Gasteiger partial charge in [-0.25, -0.2) is 0 Å². The monoisotopic (exact) mass is 311 g/mol. The van der Waals surface area contributed by atoms with Gasteiger partial charge in [0.05, 0.1) is 6.61 Å². The molecule has 0 spiro atoms. The first-order chi connectivity index (χ1) is 11.3. The maximum Gasteiger partial charge on any atom is 0.120 e. The Morgan fingerprint density at radius 2 is 1.83 bits per heavy atom. The molecule has 0 aromatic heterocycles. The number of ether oxygens (including phenoxy) is 1. The quantitative estimate of drug-likeness (QED) is 0.884. The van der Waals surface area contributed by atoms with E-state index >= 15 is 0 Å². The maximum absolute atomic E-state index is 9.54. The lowest BCUT2D eigenvalue weighted by molar-refractivity contribution is 0.0840. The van der Waals surface area contributed by atoms with Crippen molar-refractivity contribution in [3.63, 3.8) is 0 Å². The Labute approximate surface area is 138 Å². The summed E-state index contributed by atoms with van der Waals surface area (Å²) in [4.78, 5) is 2.39. The number of likely N-dealkylation sites (tertiary alicyclic amines) is 1. The molecule has 0 aliphatic carbocycles. The number of hydrogen-bond donors (Lipinski definition) is 1. The SMILES string of the molecule is OCC1CCCCN1Cc1cccc(OCc2ccccc2)c1. The molecule has 122 valence electrons. The number of rotatable bonds is 6. The highest BCUT2D eigenvalue weighted by Crippen LogP contribution is 2.21. The van der Waals surface area contributed by atoms with Gasteiger partial charge in [0.15, 0.2) is 0 Å². The molecular weight excluding hydrogens is 286 g/mol. The Bertz CT molecular complexity index is 600. The van der Waals surface area contributed by atoms with E-state index in [1.165, 1.54) is 24.0 Å². The highest BCUT2D eigenvalue weighted by Gasteiger charge is 2.21. The van der Waals surface area contributed by atoms with E-state index in [0.29, 0.717) is 12.6 Å². The van der Waals surface area contributed by atoms with Crippen molar-refractivity contribution in [2.45, 2.75) is 38.5 Å². The van der Waals surface area contributed by atoms with Crippen molar-refractivity contribution in [1.29, 1.82) is 0 Å². The van der Waals surface area contributed by atoms with Crippen molar-refractivity contribution in [2.24, 2.45) is 0 Å². The predicted molar refractivity (Wildman–Crippen MR) is 92.4 cm³/mol. The molecule has 1 heterocycles. The summed E-state index contributed by atoms with van der Waals surface area (Å²) in [6.07, 6.45) is 3.54. The van der Waals surface area contributed by atoms with Crippen LogP contribution in [-0.2, 0) is 13.2 Å². The van der Waals surface area contributed by atoms with Gasteiger partial charge in [0.1, 0.15) is 12.4 Å². The molecule has 1 atom stereocenters. The van der Waals surface area contributed by atoms with Crippen LogP contribution >= 0.6 is 0 Å². The van der Waals surface area contributed by atoms with Crippen molar-refractivity contribution < 1.29 is 9.84 Å². The first-order valence-corrected chi connectivity index (χ1v) is 8.46. The lowest BCUT2D eigenvalue weighted by Gasteiger charge is -2.34. The number of piperidine rings is 1. The van der Waals surface area contributed by atoms with Gasteiger partial charge in [-0.3, -0.25) is 4.90 Å². The van der Waals surface area contributed by atoms with Crippen LogP contribution < -0.4 is 4.74 Å². The van der Waals surface area contributed by atoms with Gasteiger partial charge in [-0.2, -0.15) is 0 Å². The van der Waals surface area contributed by atoms with Crippen LogP contribution in [0.1, 0.15) is 30.4 Å². The van der Waals surface area contributed by atoms with Crippen molar-refractivity contribution in [1.82, 2.24) is 4.90 Å². The highest BCUT2D eigenvalue weighted by atomic mass is 16.5. The zero-order chi connectivity index (χ0) is 15.9. The Kier molecular flexibility index (Phi) is 5.67. The predicted octanol–water partition coefficient (Wildman–Crippen LogP) is 3.61. The molecule has 1 saturated heterocycles. The fourth-order valence-corrected chi connectivity index (χ4v) is 3.18. The van der Waals surface area contributed by atoms with Crippen LogP contribution in [0.15, 0.2) is 54.6 Å². The van der Waals surface area contributed by atoms with Crippen LogP contribution in [0.3, 0.4) is 0 Å². The molecule has 1 N–H and O–H groups in total. The summed E-state index contributed by atoms with van der Waals surface area (Å²) in [5.74, 6) is 0.906. The summed E-state index contributed by atoms with van der Waals surface area (Å²) in [5.41, 5.74) is 2.42. The molecule has 0 amide bonds. The third-order valence-corrected chi connectivity index (χ3v) is 4.49. The van der Waals surface area contributed by atoms with Gasteiger partial charge in [-0.1, -0.05) is 48.9 Å². The van der Waals surface area contributed by atoms with E-state index in [1.54, 1.807) is 0 Å². The average molecular weight is 311 g/mol. The summed E-state index contributed by atoms with van der Waals surface area (Å²) in [6.45, 7) is 2.80. The molecule has 3 nitrogen and oxygen atoms in total. The number of aliphatic hydroxyl groups excluding tert-OH is 1. The molecule has 0 saturated carbocycles. The molecule has 2 aromatic rings. The molecule has 3 rings (SSSR count). The maximum atomic E-state index is 9.54. The lowest BCUT2D eigenvalue weighted by Crippen LogP contribution is -2.41. The topological polar surface area (TPSA) is 32.7 Å². The number of benzene rings is 2. The largest absolute Gasteiger partial charge is 0.489 e. The van der Waals surface area contributed by atoms with Crippen LogP contribution in [0.4, 0.5) is 0 Å². The second-order valence-corrected chi connectivity index (χ2v) is 6.22. The third kappa shape index (κ3) is 4.57. The van der Waals surface area contributed by atoms with Gasteiger partial charge < -0.3 is 9.84 Å². The minimum Gasteiger partial charge on any atom is -0.489 e. The van der Waals surface area contributed by atoms with E-state index in [9.17, 15) is 5.11 Å². The average Bonchev–Trinajstić information content (AvgIpc) is 2.62. The van der Waals surface area contributed by atoms with Crippen LogP contribution in [0, 0.1) is 0 Å². The summed E-state index contributed by atoms with van der Waals surface area (Å²) in [5, 5.41) is 9.54. The van der Waals surface area contributed by atoms with Crippen LogP contribution in [0.5, 0.6) is 5.75 Å². The van der Waals surface area contributed by atoms with E-state index < -0.39 is 0 Å². The Balaban J connectivity index is 1.60. The van der Waals surface area contributed by atoms with Crippen LogP contribution in [-0.4, -0.2) is 29.2 Å². The third-order valence-electron chi connectivity index (χ3n) is 4.49. The molecule has 3 heteroatoms. The first kappa shape index (κ1) is 16.0. The fourth-order valence-electron chi connectivity index (χ4n) is 3.18. The van der Waals surface area contributed by atoms with Crippen LogP contribution in [0.2, 0.25) is 0 Å². The van der Waals surface area contributed by atoms with Gasteiger partial charge in [0, 0.05) is 12.6 Å². The van der Waals surface area contributed by atoms with Crippen molar-refractivity contribution in [3.8, 4) is 5.75 Å². The molecular formula is C20H25NO2. The van der Waals surface area contributed by atoms with Gasteiger partial charge in [0.2, 0.25) is 0 Å². The van der Waals surface area contributed by atoms with Gasteiger partial charge in [-0.15, -0.1) is 0 Å². The summed E-state index contributed by atoms with van der Waals surface area (Å²) in [6, 6.07) is 18.8. The normalized spacial score (nSPS) is 18.7. The van der Waals surface area contributed by atoms with Crippen LogP contribution in [0.25, 0.3) is 0 Å². The number of nitrogens with zero attached hydrogens (tertiary/aromatic N) is 1. The van der Waals surface area contributed by atoms with E-state index in [2.05, 4.69) is 29.2 Å². The zero-order valence-corrected chi connectivity index (χ0v) is 13.5. The lowest BCUT2D eigenvalue weighted by atomic mass is 10.0. The van der Waals surface area contributed by atoms with E-state index in [0.717, 1.165) is 25.3 Å². The Morgan fingerprint density at radius 3 is 2.65 bits per heavy atom. The molecule has 0 radical (unpaired) electrons. The second-order valence-electron chi connectivity index (χ2n) is 6.22. The van der Waals surface area contributed by atoms with Crippen molar-refractivity contribution in [3.05, 3.63) is 65.7 Å². The molecule has 2 aromatic carbocycles. The molecule has 0 bridgehead atoms. The summed E-state index contributed by atoms with van der Waals surface area (Å²) < 4.78 is 5.91.